The van der Waals surface area contributed by atoms with Gasteiger partial charge in [0.15, 0.2) is 5.16 Å². The standard InChI is InChI=1S/C18H20N4OS2/c1-13(16-9-6-10-24-16)19-17(23)12-25-18-21-20-14(2)22(18)11-15-7-4-3-5-8-15/h3-10,13H,11-12H2,1-2H3,(H,19,23)/t13-/m0/s1. The van der Waals surface area contributed by atoms with Gasteiger partial charge in [0.1, 0.15) is 5.82 Å². The van der Waals surface area contributed by atoms with Gasteiger partial charge in [-0.15, -0.1) is 21.5 Å². The van der Waals surface area contributed by atoms with Crippen molar-refractivity contribution in [1.29, 1.82) is 0 Å². The summed E-state index contributed by atoms with van der Waals surface area (Å²) < 4.78 is 2.04. The van der Waals surface area contributed by atoms with E-state index in [1.165, 1.54) is 17.3 Å². The molecule has 5 nitrogen and oxygen atoms in total. The van der Waals surface area contributed by atoms with Crippen LogP contribution in [0, 0.1) is 6.92 Å². The van der Waals surface area contributed by atoms with Crippen LogP contribution in [-0.4, -0.2) is 26.4 Å². The van der Waals surface area contributed by atoms with Crippen molar-refractivity contribution in [2.45, 2.75) is 31.6 Å². The smallest absolute Gasteiger partial charge is 0.230 e. The minimum Gasteiger partial charge on any atom is -0.348 e. The first kappa shape index (κ1) is 17.7. The van der Waals surface area contributed by atoms with E-state index in [4.69, 9.17) is 0 Å². The van der Waals surface area contributed by atoms with Gasteiger partial charge in [0, 0.05) is 4.88 Å². The Morgan fingerprint density at radius 2 is 2.04 bits per heavy atom. The van der Waals surface area contributed by atoms with Crippen LogP contribution in [0.4, 0.5) is 0 Å². The molecule has 0 radical (unpaired) electrons. The van der Waals surface area contributed by atoms with Crippen molar-refractivity contribution in [3.8, 4) is 0 Å². The monoisotopic (exact) mass is 372 g/mol. The molecule has 0 bridgehead atoms. The van der Waals surface area contributed by atoms with Crippen LogP contribution < -0.4 is 5.32 Å². The highest BCUT2D eigenvalue weighted by molar-refractivity contribution is 7.99. The zero-order chi connectivity index (χ0) is 17.6. The largest absolute Gasteiger partial charge is 0.348 e. The van der Waals surface area contributed by atoms with Crippen LogP contribution in [0.15, 0.2) is 53.0 Å². The van der Waals surface area contributed by atoms with Crippen LogP contribution in [0.5, 0.6) is 0 Å². The van der Waals surface area contributed by atoms with Crippen LogP contribution in [0.3, 0.4) is 0 Å². The van der Waals surface area contributed by atoms with Crippen molar-refractivity contribution in [2.75, 3.05) is 5.75 Å². The fourth-order valence-electron chi connectivity index (χ4n) is 2.44. The van der Waals surface area contributed by atoms with Crippen LogP contribution in [-0.2, 0) is 11.3 Å². The van der Waals surface area contributed by atoms with Gasteiger partial charge >= 0.3 is 0 Å². The minimum absolute atomic E-state index is 0.00202. The summed E-state index contributed by atoms with van der Waals surface area (Å²) >= 11 is 3.06. The third kappa shape index (κ3) is 4.70. The normalized spacial score (nSPS) is 12.1. The van der Waals surface area contributed by atoms with Crippen LogP contribution in [0.2, 0.25) is 0 Å². The Balaban J connectivity index is 1.59. The number of hydrogen-bond acceptors (Lipinski definition) is 5. The van der Waals surface area contributed by atoms with E-state index in [9.17, 15) is 4.79 Å². The van der Waals surface area contributed by atoms with Crippen LogP contribution >= 0.6 is 23.1 Å². The molecule has 1 N–H and O–H groups in total. The highest BCUT2D eigenvalue weighted by Crippen LogP contribution is 2.20. The van der Waals surface area contributed by atoms with Gasteiger partial charge in [-0.2, -0.15) is 0 Å². The SMILES string of the molecule is Cc1nnc(SCC(=O)N[C@@H](C)c2cccs2)n1Cc1ccccc1. The van der Waals surface area contributed by atoms with Crippen molar-refractivity contribution in [3.05, 3.63) is 64.1 Å². The molecule has 0 aliphatic rings. The molecule has 1 aromatic carbocycles. The van der Waals surface area contributed by atoms with Crippen molar-refractivity contribution in [3.63, 3.8) is 0 Å². The molecule has 2 heterocycles. The molecule has 0 aliphatic carbocycles. The summed E-state index contributed by atoms with van der Waals surface area (Å²) in [4.78, 5) is 13.4. The maximum Gasteiger partial charge on any atom is 0.230 e. The van der Waals surface area contributed by atoms with Crippen molar-refractivity contribution in [2.24, 2.45) is 0 Å². The summed E-state index contributed by atoms with van der Waals surface area (Å²) in [5, 5.41) is 14.2. The van der Waals surface area contributed by atoms with Crippen LogP contribution in [0.1, 0.15) is 29.2 Å². The van der Waals surface area contributed by atoms with Gasteiger partial charge in [-0.05, 0) is 30.9 Å². The van der Waals surface area contributed by atoms with Crippen molar-refractivity contribution < 1.29 is 4.79 Å². The summed E-state index contributed by atoms with van der Waals surface area (Å²) in [6.45, 7) is 4.63. The number of carbonyl (C=O) groups is 1. The van der Waals surface area contributed by atoms with Crippen molar-refractivity contribution >= 4 is 29.0 Å². The lowest BCUT2D eigenvalue weighted by Gasteiger charge is -2.12. The molecule has 7 heteroatoms. The molecule has 25 heavy (non-hydrogen) atoms. The molecule has 3 aromatic rings. The number of benzene rings is 1. The number of nitrogens with zero attached hydrogens (tertiary/aromatic N) is 3. The summed E-state index contributed by atoms with van der Waals surface area (Å²) in [6, 6.07) is 14.2. The number of amides is 1. The second kappa shape index (κ2) is 8.31. The average molecular weight is 373 g/mol. The van der Waals surface area contributed by atoms with Gasteiger partial charge in [0.25, 0.3) is 0 Å². The van der Waals surface area contributed by atoms with Crippen LogP contribution in [0.25, 0.3) is 0 Å². The fourth-order valence-corrected chi connectivity index (χ4v) is 3.97. The predicted octanol–water partition coefficient (Wildman–Crippen LogP) is 3.67. The fraction of sp³-hybridized carbons (Fsp3) is 0.278. The Morgan fingerprint density at radius 1 is 1.24 bits per heavy atom. The second-order valence-electron chi connectivity index (χ2n) is 5.69. The van der Waals surface area contributed by atoms with Gasteiger partial charge in [-0.3, -0.25) is 4.79 Å². The molecular weight excluding hydrogens is 352 g/mol. The number of nitrogens with one attached hydrogen (secondary N) is 1. The molecule has 1 amide bonds. The average Bonchev–Trinajstić information content (AvgIpc) is 3.26. The Kier molecular flexibility index (Phi) is 5.88. The van der Waals surface area contributed by atoms with Gasteiger partial charge < -0.3 is 9.88 Å². The first-order chi connectivity index (χ1) is 12.1. The van der Waals surface area contributed by atoms with E-state index in [-0.39, 0.29) is 11.9 Å². The van der Waals surface area contributed by atoms with E-state index in [0.717, 1.165) is 15.9 Å². The van der Waals surface area contributed by atoms with E-state index in [1.54, 1.807) is 11.3 Å². The maximum atomic E-state index is 12.2. The lowest BCUT2D eigenvalue weighted by atomic mass is 10.2. The lowest BCUT2D eigenvalue weighted by molar-refractivity contribution is -0.119. The molecule has 0 fully saturated rings. The molecule has 0 saturated carbocycles. The van der Waals surface area contributed by atoms with E-state index in [2.05, 4.69) is 27.6 Å². The third-order valence-corrected chi connectivity index (χ3v) is 5.79. The second-order valence-corrected chi connectivity index (χ2v) is 7.62. The first-order valence-corrected chi connectivity index (χ1v) is 9.89. The molecule has 2 aromatic heterocycles. The summed E-state index contributed by atoms with van der Waals surface area (Å²) in [5.41, 5.74) is 1.18. The summed E-state index contributed by atoms with van der Waals surface area (Å²) in [5.74, 6) is 1.17. The Hall–Kier alpha value is -2.12. The number of aryl methyl sites for hydroxylation is 1. The number of rotatable bonds is 7. The Labute approximate surface area is 155 Å². The Bertz CT molecular complexity index is 815. The quantitative estimate of drug-likeness (QED) is 0.643. The maximum absolute atomic E-state index is 12.2. The van der Waals surface area contributed by atoms with E-state index >= 15 is 0 Å². The first-order valence-electron chi connectivity index (χ1n) is 8.03. The van der Waals surface area contributed by atoms with Gasteiger partial charge in [0.05, 0.1) is 18.3 Å². The van der Waals surface area contributed by atoms with Gasteiger partial charge in [-0.1, -0.05) is 48.2 Å². The highest BCUT2D eigenvalue weighted by Gasteiger charge is 2.14. The zero-order valence-corrected chi connectivity index (χ0v) is 15.8. The number of carbonyl (C=O) groups excluding carboxylic acids is 1. The molecule has 0 unspecified atom stereocenters. The molecule has 0 aliphatic heterocycles. The summed E-state index contributed by atoms with van der Waals surface area (Å²) in [7, 11) is 0. The molecule has 1 atom stereocenters. The van der Waals surface area contributed by atoms with E-state index in [0.29, 0.717) is 12.3 Å². The molecule has 0 spiro atoms. The number of aromatic nitrogens is 3. The zero-order valence-electron chi connectivity index (χ0n) is 14.2. The number of hydrogen-bond donors (Lipinski definition) is 1. The molecule has 130 valence electrons. The number of thiophene rings is 1. The lowest BCUT2D eigenvalue weighted by Crippen LogP contribution is -2.27. The van der Waals surface area contributed by atoms with E-state index < -0.39 is 0 Å². The van der Waals surface area contributed by atoms with E-state index in [1.807, 2.05) is 54.1 Å². The predicted molar refractivity (Wildman–Crippen MR) is 102 cm³/mol. The van der Waals surface area contributed by atoms with Gasteiger partial charge in [0.2, 0.25) is 5.91 Å². The van der Waals surface area contributed by atoms with Crippen molar-refractivity contribution in [1.82, 2.24) is 20.1 Å². The summed E-state index contributed by atoms with van der Waals surface area (Å²) in [6.07, 6.45) is 0. The third-order valence-electron chi connectivity index (χ3n) is 3.77. The number of thioether (sulfide) groups is 1. The van der Waals surface area contributed by atoms with Gasteiger partial charge in [-0.25, -0.2) is 0 Å². The molecule has 0 saturated heterocycles. The Morgan fingerprint density at radius 3 is 2.76 bits per heavy atom. The minimum atomic E-state index is -0.00202. The molecule has 3 rings (SSSR count). The highest BCUT2D eigenvalue weighted by atomic mass is 32.2. The topological polar surface area (TPSA) is 59.8 Å². The molecular formula is C18H20N4OS2.